The number of carbonyl (C=O) groups is 2. The van der Waals surface area contributed by atoms with Crippen LogP contribution in [0.15, 0.2) is 54.6 Å². The number of ether oxygens (including phenoxy) is 2. The van der Waals surface area contributed by atoms with E-state index in [4.69, 9.17) is 21.7 Å². The Hall–Kier alpha value is -3.39. The molecule has 2 aromatic carbocycles. The largest absolute Gasteiger partial charge is 0.497 e. The Bertz CT molecular complexity index is 833. The van der Waals surface area contributed by atoms with Crippen LogP contribution in [0.2, 0.25) is 0 Å². The standard InChI is InChI=1S/C19H19N3O4S/c1-25-15-8-3-13(4-9-15)5-12-17(23)20-19(27)22-21-18(24)14-6-10-16(26-2)11-7-14/h3-12H,1-2H3,(H,21,24)(H2,20,22,23,27). The fourth-order valence-electron chi connectivity index (χ4n) is 2.00. The molecule has 0 heterocycles. The summed E-state index contributed by atoms with van der Waals surface area (Å²) in [6, 6.07) is 13.8. The van der Waals surface area contributed by atoms with Crippen LogP contribution in [0.5, 0.6) is 11.5 Å². The molecule has 0 saturated heterocycles. The first kappa shape index (κ1) is 19.9. The van der Waals surface area contributed by atoms with Gasteiger partial charge in [-0.2, -0.15) is 0 Å². The zero-order chi connectivity index (χ0) is 19.6. The minimum absolute atomic E-state index is 0.0266. The number of carbonyl (C=O) groups excluding carboxylic acids is 2. The predicted molar refractivity (Wildman–Crippen MR) is 106 cm³/mol. The lowest BCUT2D eigenvalue weighted by Gasteiger charge is -2.10. The lowest BCUT2D eigenvalue weighted by Crippen LogP contribution is -2.48. The van der Waals surface area contributed by atoms with Crippen molar-refractivity contribution in [2.24, 2.45) is 0 Å². The summed E-state index contributed by atoms with van der Waals surface area (Å²) in [7, 11) is 3.13. The average Bonchev–Trinajstić information content (AvgIpc) is 2.71. The van der Waals surface area contributed by atoms with Crippen molar-refractivity contribution in [3.05, 3.63) is 65.7 Å². The molecule has 0 fully saturated rings. The third-order valence-corrected chi connectivity index (χ3v) is 3.63. The molecule has 0 bridgehead atoms. The number of methoxy groups -OCH3 is 2. The SMILES string of the molecule is COc1ccc(C=CC(=O)NC(=S)NNC(=O)c2ccc(OC)cc2)cc1. The summed E-state index contributed by atoms with van der Waals surface area (Å²) in [5.41, 5.74) is 6.12. The van der Waals surface area contributed by atoms with Crippen molar-refractivity contribution in [2.75, 3.05) is 14.2 Å². The summed E-state index contributed by atoms with van der Waals surface area (Å²) in [5.74, 6) is 0.547. The normalized spacial score (nSPS) is 10.1. The van der Waals surface area contributed by atoms with Crippen LogP contribution in [0.4, 0.5) is 0 Å². The van der Waals surface area contributed by atoms with Gasteiger partial charge in [0.1, 0.15) is 11.5 Å². The van der Waals surface area contributed by atoms with Crippen LogP contribution in [-0.2, 0) is 4.79 Å². The fraction of sp³-hybridized carbons (Fsp3) is 0.105. The first-order chi connectivity index (χ1) is 13.0. The Kier molecular flexibility index (Phi) is 7.33. The van der Waals surface area contributed by atoms with E-state index in [1.807, 2.05) is 12.1 Å². The maximum atomic E-state index is 12.0. The van der Waals surface area contributed by atoms with Crippen LogP contribution in [0.3, 0.4) is 0 Å². The van der Waals surface area contributed by atoms with Crippen LogP contribution in [0, 0.1) is 0 Å². The van der Waals surface area contributed by atoms with E-state index in [0.717, 1.165) is 11.3 Å². The molecular formula is C19H19N3O4S. The molecule has 0 saturated carbocycles. The third-order valence-electron chi connectivity index (χ3n) is 3.42. The maximum Gasteiger partial charge on any atom is 0.269 e. The predicted octanol–water partition coefficient (Wildman–Crippen LogP) is 2.05. The van der Waals surface area contributed by atoms with Crippen molar-refractivity contribution >= 4 is 35.2 Å². The second-order valence-corrected chi connectivity index (χ2v) is 5.64. The molecule has 2 rings (SSSR count). The van der Waals surface area contributed by atoms with Crippen molar-refractivity contribution in [1.29, 1.82) is 0 Å². The minimum atomic E-state index is -0.429. The van der Waals surface area contributed by atoms with Crippen LogP contribution in [-0.4, -0.2) is 31.1 Å². The van der Waals surface area contributed by atoms with Gasteiger partial charge in [-0.1, -0.05) is 12.1 Å². The Morgan fingerprint density at radius 1 is 0.889 bits per heavy atom. The van der Waals surface area contributed by atoms with Crippen molar-refractivity contribution in [1.82, 2.24) is 16.2 Å². The van der Waals surface area contributed by atoms with Crippen molar-refractivity contribution in [2.45, 2.75) is 0 Å². The minimum Gasteiger partial charge on any atom is -0.497 e. The van der Waals surface area contributed by atoms with E-state index in [2.05, 4.69) is 16.2 Å². The smallest absolute Gasteiger partial charge is 0.269 e. The topological polar surface area (TPSA) is 88.7 Å². The average molecular weight is 385 g/mol. The summed E-state index contributed by atoms with van der Waals surface area (Å²) in [6.45, 7) is 0. The molecule has 0 aliphatic carbocycles. The van der Waals surface area contributed by atoms with Gasteiger partial charge in [0.15, 0.2) is 5.11 Å². The lowest BCUT2D eigenvalue weighted by atomic mass is 10.2. The highest BCUT2D eigenvalue weighted by atomic mass is 32.1. The lowest BCUT2D eigenvalue weighted by molar-refractivity contribution is -0.115. The van der Waals surface area contributed by atoms with Gasteiger partial charge < -0.3 is 9.47 Å². The van der Waals surface area contributed by atoms with E-state index in [0.29, 0.717) is 11.3 Å². The third kappa shape index (κ3) is 6.44. The molecule has 0 aliphatic rings. The quantitative estimate of drug-likeness (QED) is 0.415. The molecule has 2 amide bonds. The molecule has 0 radical (unpaired) electrons. The van der Waals surface area contributed by atoms with Gasteiger partial charge in [0.2, 0.25) is 5.91 Å². The van der Waals surface area contributed by atoms with Gasteiger partial charge in [-0.3, -0.25) is 25.8 Å². The number of hydrogen-bond acceptors (Lipinski definition) is 5. The molecule has 8 heteroatoms. The summed E-state index contributed by atoms with van der Waals surface area (Å²) < 4.78 is 10.1. The number of benzene rings is 2. The maximum absolute atomic E-state index is 12.0. The molecular weight excluding hydrogens is 366 g/mol. The summed E-state index contributed by atoms with van der Waals surface area (Å²) in [4.78, 5) is 23.8. The molecule has 0 unspecified atom stereocenters. The van der Waals surface area contributed by atoms with Crippen LogP contribution < -0.4 is 25.6 Å². The molecule has 0 spiro atoms. The Morgan fingerprint density at radius 2 is 1.44 bits per heavy atom. The fourth-order valence-corrected chi connectivity index (χ4v) is 2.15. The molecule has 2 aromatic rings. The van der Waals surface area contributed by atoms with Crippen molar-refractivity contribution in [3.63, 3.8) is 0 Å². The Labute approximate surface area is 162 Å². The van der Waals surface area contributed by atoms with Gasteiger partial charge in [-0.15, -0.1) is 0 Å². The monoisotopic (exact) mass is 385 g/mol. The van der Waals surface area contributed by atoms with Crippen molar-refractivity contribution in [3.8, 4) is 11.5 Å². The van der Waals surface area contributed by atoms with Crippen LogP contribution in [0.25, 0.3) is 6.08 Å². The number of hydrazine groups is 1. The molecule has 0 aromatic heterocycles. The van der Waals surface area contributed by atoms with E-state index in [9.17, 15) is 9.59 Å². The zero-order valence-electron chi connectivity index (χ0n) is 14.8. The molecule has 7 nitrogen and oxygen atoms in total. The van der Waals surface area contributed by atoms with E-state index < -0.39 is 11.8 Å². The van der Waals surface area contributed by atoms with Gasteiger partial charge in [-0.05, 0) is 60.3 Å². The molecule has 3 N–H and O–H groups in total. The van der Waals surface area contributed by atoms with Crippen molar-refractivity contribution < 1.29 is 19.1 Å². The number of thiocarbonyl (C=S) groups is 1. The van der Waals surface area contributed by atoms with E-state index in [1.54, 1.807) is 56.7 Å². The van der Waals surface area contributed by atoms with Gasteiger partial charge >= 0.3 is 0 Å². The summed E-state index contributed by atoms with van der Waals surface area (Å²) in [6.07, 6.45) is 2.97. The summed E-state index contributed by atoms with van der Waals surface area (Å²) >= 11 is 4.97. The van der Waals surface area contributed by atoms with E-state index in [1.165, 1.54) is 6.08 Å². The first-order valence-corrected chi connectivity index (χ1v) is 8.30. The molecule has 0 atom stereocenters. The number of hydrogen-bond donors (Lipinski definition) is 3. The van der Waals surface area contributed by atoms with E-state index >= 15 is 0 Å². The second-order valence-electron chi connectivity index (χ2n) is 5.23. The van der Waals surface area contributed by atoms with Gasteiger partial charge in [0.25, 0.3) is 5.91 Å². The van der Waals surface area contributed by atoms with Crippen LogP contribution in [0.1, 0.15) is 15.9 Å². The second kappa shape index (κ2) is 9.93. The first-order valence-electron chi connectivity index (χ1n) is 7.89. The van der Waals surface area contributed by atoms with Crippen LogP contribution >= 0.6 is 12.2 Å². The van der Waals surface area contributed by atoms with Gasteiger partial charge in [-0.25, -0.2) is 0 Å². The number of rotatable bonds is 5. The van der Waals surface area contributed by atoms with Gasteiger partial charge in [0, 0.05) is 11.6 Å². The molecule has 140 valence electrons. The molecule has 27 heavy (non-hydrogen) atoms. The Morgan fingerprint density at radius 3 is 2.00 bits per heavy atom. The highest BCUT2D eigenvalue weighted by Crippen LogP contribution is 2.12. The molecule has 0 aliphatic heterocycles. The Balaban J connectivity index is 1.79. The zero-order valence-corrected chi connectivity index (χ0v) is 15.6. The van der Waals surface area contributed by atoms with E-state index in [-0.39, 0.29) is 5.11 Å². The number of nitrogens with one attached hydrogen (secondary N) is 3. The highest BCUT2D eigenvalue weighted by molar-refractivity contribution is 7.80. The highest BCUT2D eigenvalue weighted by Gasteiger charge is 2.07. The number of amides is 2. The van der Waals surface area contributed by atoms with Gasteiger partial charge in [0.05, 0.1) is 14.2 Å². The summed E-state index contributed by atoms with van der Waals surface area (Å²) in [5, 5.41) is 2.41.